The summed E-state index contributed by atoms with van der Waals surface area (Å²) in [6.07, 6.45) is 1.28. The maximum Gasteiger partial charge on any atom is 0.246 e. The number of aromatic nitrogens is 4. The van der Waals surface area contributed by atoms with Crippen LogP contribution in [-0.2, 0) is 21.4 Å². The maximum absolute atomic E-state index is 11.8. The Morgan fingerprint density at radius 1 is 1.48 bits per heavy atom. The number of nitrogens with one attached hydrogen (secondary N) is 1. The molecule has 0 bridgehead atoms. The molecule has 0 unspecified atom stereocenters. The number of carbonyl (C=O) groups excluding carboxylic acids is 1. The van der Waals surface area contributed by atoms with Gasteiger partial charge in [-0.05, 0) is 28.6 Å². The molecule has 0 radical (unpaired) electrons. The van der Waals surface area contributed by atoms with Crippen LogP contribution < -0.4 is 15.2 Å². The van der Waals surface area contributed by atoms with Gasteiger partial charge >= 0.3 is 0 Å². The van der Waals surface area contributed by atoms with Crippen LogP contribution in [0, 0.1) is 0 Å². The maximum atomic E-state index is 11.8. The molecule has 0 saturated carbocycles. The van der Waals surface area contributed by atoms with E-state index < -0.39 is 15.9 Å². The Morgan fingerprint density at radius 3 is 2.81 bits per heavy atom. The number of amides is 1. The number of hydrogen-bond donors (Lipinski definition) is 2. The van der Waals surface area contributed by atoms with Gasteiger partial charge in [0.1, 0.15) is 23.5 Å². The molecule has 11 heteroatoms. The van der Waals surface area contributed by atoms with E-state index in [1.165, 1.54) is 36.3 Å². The number of nitrogens with zero attached hydrogens (tertiary/aromatic N) is 4. The molecule has 112 valence electrons. The van der Waals surface area contributed by atoms with Crippen LogP contribution in [0.4, 0.5) is 5.69 Å². The molecule has 0 spiro atoms. The standard InChI is InChI=1S/C10H12N6O4S/c1-20-8-3-2-7(4-9(8)21(11,18)19)13-10(17)5-16-6-12-14-15-16/h2-4,6H,5H2,1H3,(H,13,17)(H2,11,18,19). The molecule has 10 nitrogen and oxygen atoms in total. The van der Waals surface area contributed by atoms with Crippen LogP contribution >= 0.6 is 0 Å². The van der Waals surface area contributed by atoms with Crippen LogP contribution in [0.5, 0.6) is 5.75 Å². The first-order valence-electron chi connectivity index (χ1n) is 5.61. The van der Waals surface area contributed by atoms with E-state index in [1.807, 2.05) is 0 Å². The zero-order chi connectivity index (χ0) is 15.5. The highest BCUT2D eigenvalue weighted by Gasteiger charge is 2.16. The van der Waals surface area contributed by atoms with Crippen LogP contribution in [0.1, 0.15) is 0 Å². The minimum Gasteiger partial charge on any atom is -0.495 e. The fraction of sp³-hybridized carbons (Fsp3) is 0.200. The Balaban J connectivity index is 2.19. The minimum atomic E-state index is -3.97. The van der Waals surface area contributed by atoms with Crippen molar-refractivity contribution >= 4 is 21.6 Å². The third-order valence-electron chi connectivity index (χ3n) is 2.45. The number of benzene rings is 1. The number of nitrogens with two attached hydrogens (primary N) is 1. The van der Waals surface area contributed by atoms with Crippen molar-refractivity contribution < 1.29 is 17.9 Å². The number of hydrogen-bond acceptors (Lipinski definition) is 7. The quantitative estimate of drug-likeness (QED) is 0.718. The lowest BCUT2D eigenvalue weighted by Gasteiger charge is -2.10. The van der Waals surface area contributed by atoms with E-state index in [9.17, 15) is 13.2 Å². The molecule has 1 amide bonds. The van der Waals surface area contributed by atoms with Gasteiger partial charge in [0.15, 0.2) is 0 Å². The Labute approximate surface area is 119 Å². The number of carbonyl (C=O) groups is 1. The summed E-state index contributed by atoms with van der Waals surface area (Å²) in [7, 11) is -2.65. The van der Waals surface area contributed by atoms with E-state index in [0.29, 0.717) is 0 Å². The van der Waals surface area contributed by atoms with Gasteiger partial charge in [-0.15, -0.1) is 5.10 Å². The lowest BCUT2D eigenvalue weighted by molar-refractivity contribution is -0.116. The second-order valence-corrected chi connectivity index (χ2v) is 5.50. The lowest BCUT2D eigenvalue weighted by atomic mass is 10.3. The summed E-state index contributed by atoms with van der Waals surface area (Å²) in [5.41, 5.74) is 0.262. The molecule has 1 aromatic heterocycles. The lowest BCUT2D eigenvalue weighted by Crippen LogP contribution is -2.20. The van der Waals surface area contributed by atoms with Gasteiger partial charge in [0.25, 0.3) is 0 Å². The molecule has 1 heterocycles. The molecule has 2 rings (SSSR count). The van der Waals surface area contributed by atoms with Crippen molar-refractivity contribution in [1.82, 2.24) is 20.2 Å². The van der Waals surface area contributed by atoms with E-state index in [2.05, 4.69) is 20.8 Å². The zero-order valence-corrected chi connectivity index (χ0v) is 11.7. The SMILES string of the molecule is COc1ccc(NC(=O)Cn2cnnn2)cc1S(N)(=O)=O. The summed E-state index contributed by atoms with van der Waals surface area (Å²) >= 11 is 0. The van der Waals surface area contributed by atoms with Crippen molar-refractivity contribution in [2.45, 2.75) is 11.4 Å². The third-order valence-corrected chi connectivity index (χ3v) is 3.38. The average Bonchev–Trinajstić information content (AvgIpc) is 2.90. The smallest absolute Gasteiger partial charge is 0.246 e. The number of anilines is 1. The predicted octanol–water partition coefficient (Wildman–Crippen LogP) is -1.03. The van der Waals surface area contributed by atoms with E-state index >= 15 is 0 Å². The molecule has 0 saturated heterocycles. The van der Waals surface area contributed by atoms with Crippen molar-refractivity contribution in [2.24, 2.45) is 5.14 Å². The largest absolute Gasteiger partial charge is 0.495 e. The summed E-state index contributed by atoms with van der Waals surface area (Å²) in [5.74, 6) is -0.330. The highest BCUT2D eigenvalue weighted by Crippen LogP contribution is 2.25. The first-order valence-corrected chi connectivity index (χ1v) is 7.16. The Kier molecular flexibility index (Phi) is 4.14. The number of tetrazole rings is 1. The van der Waals surface area contributed by atoms with E-state index in [-0.39, 0.29) is 22.9 Å². The highest BCUT2D eigenvalue weighted by atomic mass is 32.2. The number of sulfonamides is 1. The number of ether oxygens (including phenoxy) is 1. The van der Waals surface area contributed by atoms with Crippen LogP contribution in [-0.4, -0.2) is 41.6 Å². The average molecular weight is 312 g/mol. The summed E-state index contributed by atoms with van der Waals surface area (Å²) in [5, 5.41) is 17.9. The number of primary sulfonamides is 1. The van der Waals surface area contributed by atoms with Gasteiger partial charge in [0, 0.05) is 5.69 Å². The monoisotopic (exact) mass is 312 g/mol. The second-order valence-electron chi connectivity index (χ2n) is 3.97. The molecule has 0 atom stereocenters. The predicted molar refractivity (Wildman–Crippen MR) is 70.8 cm³/mol. The normalized spacial score (nSPS) is 11.1. The van der Waals surface area contributed by atoms with Gasteiger partial charge in [-0.25, -0.2) is 18.2 Å². The zero-order valence-electron chi connectivity index (χ0n) is 10.9. The topological polar surface area (TPSA) is 142 Å². The second kappa shape index (κ2) is 5.85. The molecule has 0 aliphatic carbocycles. The molecular formula is C10H12N6O4S. The fourth-order valence-corrected chi connectivity index (χ4v) is 2.30. The summed E-state index contributed by atoms with van der Waals surface area (Å²) in [6.45, 7) is -0.107. The Hall–Kier alpha value is -2.53. The third kappa shape index (κ3) is 3.73. The number of rotatable bonds is 5. The van der Waals surface area contributed by atoms with Gasteiger partial charge in [0.05, 0.1) is 7.11 Å². The summed E-state index contributed by atoms with van der Waals surface area (Å²) in [4.78, 5) is 11.5. The van der Waals surface area contributed by atoms with E-state index in [0.717, 1.165) is 0 Å². The molecular weight excluding hydrogens is 300 g/mol. The van der Waals surface area contributed by atoms with E-state index in [4.69, 9.17) is 9.88 Å². The first kappa shape index (κ1) is 14.9. The minimum absolute atomic E-state index is 0.0935. The molecule has 21 heavy (non-hydrogen) atoms. The van der Waals surface area contributed by atoms with Gasteiger partial charge < -0.3 is 10.1 Å². The van der Waals surface area contributed by atoms with E-state index in [1.54, 1.807) is 0 Å². The summed E-state index contributed by atoms with van der Waals surface area (Å²) < 4.78 is 29.1. The highest BCUT2D eigenvalue weighted by molar-refractivity contribution is 7.89. The molecule has 0 fully saturated rings. The molecule has 1 aromatic carbocycles. The molecule has 0 aliphatic heterocycles. The van der Waals surface area contributed by atoms with Crippen molar-refractivity contribution in [3.8, 4) is 5.75 Å². The molecule has 0 aliphatic rings. The van der Waals surface area contributed by atoms with Crippen LogP contribution in [0.2, 0.25) is 0 Å². The summed E-state index contributed by atoms with van der Waals surface area (Å²) in [6, 6.07) is 4.10. The van der Waals surface area contributed by atoms with Crippen molar-refractivity contribution in [1.29, 1.82) is 0 Å². The van der Waals surface area contributed by atoms with Crippen molar-refractivity contribution in [3.63, 3.8) is 0 Å². The van der Waals surface area contributed by atoms with Crippen LogP contribution in [0.15, 0.2) is 29.4 Å². The molecule has 3 N–H and O–H groups in total. The first-order chi connectivity index (χ1) is 9.90. The Morgan fingerprint density at radius 2 is 2.24 bits per heavy atom. The van der Waals surface area contributed by atoms with Crippen LogP contribution in [0.3, 0.4) is 0 Å². The van der Waals surface area contributed by atoms with Gasteiger partial charge in [-0.2, -0.15) is 0 Å². The van der Waals surface area contributed by atoms with Gasteiger partial charge in [-0.1, -0.05) is 0 Å². The van der Waals surface area contributed by atoms with Gasteiger partial charge in [-0.3, -0.25) is 4.79 Å². The van der Waals surface area contributed by atoms with Crippen LogP contribution in [0.25, 0.3) is 0 Å². The Bertz CT molecular complexity index is 743. The molecule has 2 aromatic rings. The van der Waals surface area contributed by atoms with Gasteiger partial charge in [0.2, 0.25) is 15.9 Å². The fourth-order valence-electron chi connectivity index (χ4n) is 1.58. The van der Waals surface area contributed by atoms with Crippen molar-refractivity contribution in [3.05, 3.63) is 24.5 Å². The van der Waals surface area contributed by atoms with Crippen molar-refractivity contribution in [2.75, 3.05) is 12.4 Å². The number of methoxy groups -OCH3 is 1.